The highest BCUT2D eigenvalue weighted by Crippen LogP contribution is 2.48. The minimum absolute atomic E-state index is 0.0678. The predicted octanol–water partition coefficient (Wildman–Crippen LogP) is 2.02. The molecule has 1 saturated carbocycles. The third-order valence-electron chi connectivity index (χ3n) is 4.63. The van der Waals surface area contributed by atoms with Crippen molar-refractivity contribution in [3.63, 3.8) is 0 Å². The van der Waals surface area contributed by atoms with Crippen LogP contribution in [-0.2, 0) is 14.3 Å². The first-order valence-electron chi connectivity index (χ1n) is 7.91. The lowest BCUT2D eigenvalue weighted by Gasteiger charge is -2.33. The Balaban J connectivity index is 1.68. The second-order valence-corrected chi connectivity index (χ2v) is 6.20. The lowest BCUT2D eigenvalue weighted by molar-refractivity contribution is -0.148. The number of halogens is 1. The molecule has 0 aromatic heterocycles. The van der Waals surface area contributed by atoms with E-state index in [-0.39, 0.29) is 36.1 Å². The van der Waals surface area contributed by atoms with Crippen molar-refractivity contribution in [3.05, 3.63) is 35.6 Å². The first-order valence-corrected chi connectivity index (χ1v) is 7.91. The molecule has 2 atom stereocenters. The molecule has 1 aromatic rings. The first-order chi connectivity index (χ1) is 11.1. The number of benzene rings is 1. The van der Waals surface area contributed by atoms with Gasteiger partial charge < -0.3 is 14.7 Å². The molecule has 124 valence electrons. The Morgan fingerprint density at radius 3 is 2.48 bits per heavy atom. The van der Waals surface area contributed by atoms with Gasteiger partial charge in [-0.1, -0.05) is 12.1 Å². The summed E-state index contributed by atoms with van der Waals surface area (Å²) in [4.78, 5) is 25.4. The predicted molar refractivity (Wildman–Crippen MR) is 80.4 cm³/mol. The molecule has 5 nitrogen and oxygen atoms in total. The normalized spacial score (nSPS) is 24.2. The Hall–Kier alpha value is -1.95. The summed E-state index contributed by atoms with van der Waals surface area (Å²) in [6, 6.07) is 6.11. The number of amides is 1. The van der Waals surface area contributed by atoms with Crippen LogP contribution in [0.15, 0.2) is 24.3 Å². The van der Waals surface area contributed by atoms with Crippen molar-refractivity contribution >= 4 is 11.9 Å². The quantitative estimate of drug-likeness (QED) is 0.901. The van der Waals surface area contributed by atoms with Crippen molar-refractivity contribution in [3.8, 4) is 0 Å². The zero-order valence-electron chi connectivity index (χ0n) is 12.8. The van der Waals surface area contributed by atoms with Crippen molar-refractivity contribution in [2.45, 2.75) is 31.2 Å². The average molecular weight is 321 g/mol. The molecule has 2 fully saturated rings. The van der Waals surface area contributed by atoms with E-state index in [2.05, 4.69) is 0 Å². The highest BCUT2D eigenvalue weighted by Gasteiger charge is 2.47. The fourth-order valence-electron chi connectivity index (χ4n) is 3.29. The maximum atomic E-state index is 13.0. The summed E-state index contributed by atoms with van der Waals surface area (Å²) in [6.07, 6.45) is 2.05. The number of rotatable bonds is 5. The van der Waals surface area contributed by atoms with E-state index in [0.717, 1.165) is 5.56 Å². The number of carbonyl (C=O) groups is 2. The monoisotopic (exact) mass is 321 g/mol. The van der Waals surface area contributed by atoms with Gasteiger partial charge in [0.15, 0.2) is 0 Å². The lowest BCUT2D eigenvalue weighted by Crippen LogP contribution is -2.46. The Morgan fingerprint density at radius 1 is 1.22 bits per heavy atom. The van der Waals surface area contributed by atoms with Crippen LogP contribution in [0.25, 0.3) is 0 Å². The zero-order chi connectivity index (χ0) is 16.4. The summed E-state index contributed by atoms with van der Waals surface area (Å²) in [7, 11) is 0. The fraction of sp³-hybridized carbons (Fsp3) is 0.529. The first kappa shape index (κ1) is 15.9. The van der Waals surface area contributed by atoms with Crippen LogP contribution in [0.2, 0.25) is 0 Å². The summed E-state index contributed by atoms with van der Waals surface area (Å²) in [5, 5.41) is 9.11. The molecule has 23 heavy (non-hydrogen) atoms. The maximum absolute atomic E-state index is 13.0. The molecular weight excluding hydrogens is 301 g/mol. The average Bonchev–Trinajstić information content (AvgIpc) is 3.34. The number of carbonyl (C=O) groups excluding carboxylic acids is 1. The smallest absolute Gasteiger partial charge is 0.323 e. The lowest BCUT2D eigenvalue weighted by atomic mass is 10.0. The molecule has 0 spiro atoms. The van der Waals surface area contributed by atoms with Gasteiger partial charge in [-0.25, -0.2) is 4.39 Å². The molecule has 1 N–H and O–H groups in total. The summed E-state index contributed by atoms with van der Waals surface area (Å²) < 4.78 is 18.3. The van der Waals surface area contributed by atoms with Crippen LogP contribution >= 0.6 is 0 Å². The van der Waals surface area contributed by atoms with E-state index in [9.17, 15) is 14.0 Å². The van der Waals surface area contributed by atoms with Crippen LogP contribution in [0, 0.1) is 11.7 Å². The molecule has 2 aliphatic rings. The minimum atomic E-state index is -0.996. The van der Waals surface area contributed by atoms with E-state index < -0.39 is 5.97 Å². The molecule has 0 radical (unpaired) electrons. The Kier molecular flexibility index (Phi) is 4.61. The van der Waals surface area contributed by atoms with Crippen LogP contribution in [-0.4, -0.2) is 47.7 Å². The number of hydrogen-bond donors (Lipinski definition) is 1. The van der Waals surface area contributed by atoms with Crippen molar-refractivity contribution < 1.29 is 23.8 Å². The van der Waals surface area contributed by atoms with E-state index in [0.29, 0.717) is 32.5 Å². The van der Waals surface area contributed by atoms with Gasteiger partial charge in [-0.05, 0) is 42.9 Å². The third-order valence-corrected chi connectivity index (χ3v) is 4.63. The fourth-order valence-corrected chi connectivity index (χ4v) is 3.29. The molecule has 1 amide bonds. The zero-order valence-corrected chi connectivity index (χ0v) is 12.8. The number of ether oxygens (including phenoxy) is 1. The third kappa shape index (κ3) is 3.69. The number of carboxylic acid groups (broad SMARTS) is 1. The molecule has 6 heteroatoms. The van der Waals surface area contributed by atoms with Gasteiger partial charge in [0, 0.05) is 25.2 Å². The number of aliphatic carboxylic acids is 1. The van der Waals surface area contributed by atoms with Crippen LogP contribution in [0.3, 0.4) is 0 Å². The largest absolute Gasteiger partial charge is 0.480 e. The van der Waals surface area contributed by atoms with Gasteiger partial charge in [0.1, 0.15) is 12.4 Å². The van der Waals surface area contributed by atoms with Crippen LogP contribution in [0.5, 0.6) is 0 Å². The van der Waals surface area contributed by atoms with Crippen LogP contribution < -0.4 is 0 Å². The van der Waals surface area contributed by atoms with Gasteiger partial charge >= 0.3 is 5.97 Å². The maximum Gasteiger partial charge on any atom is 0.323 e. The van der Waals surface area contributed by atoms with Gasteiger partial charge in [-0.15, -0.1) is 0 Å². The molecule has 1 aromatic carbocycles. The highest BCUT2D eigenvalue weighted by atomic mass is 19.1. The topological polar surface area (TPSA) is 66.8 Å². The van der Waals surface area contributed by atoms with Crippen LogP contribution in [0.1, 0.15) is 30.7 Å². The number of nitrogens with zero attached hydrogens (tertiary/aromatic N) is 1. The minimum Gasteiger partial charge on any atom is -0.480 e. The SMILES string of the molecule is O=C(O)CN(C(=O)[C@H]1C[C@H]1c1ccc(F)cc1)C1CCOCC1. The summed E-state index contributed by atoms with van der Waals surface area (Å²) >= 11 is 0. The molecule has 1 saturated heterocycles. The van der Waals surface area contributed by atoms with Crippen molar-refractivity contribution in [2.75, 3.05) is 19.8 Å². The molecule has 1 aliphatic heterocycles. The Bertz CT molecular complexity index is 583. The summed E-state index contributed by atoms with van der Waals surface area (Å²) in [5.74, 6) is -1.52. The standard InChI is InChI=1S/C17H20FNO4/c18-12-3-1-11(2-4-12)14-9-15(14)17(22)19(10-16(20)21)13-5-7-23-8-6-13/h1-4,13-15H,5-10H2,(H,20,21)/t14-,15-/m0/s1. The molecule has 1 heterocycles. The van der Waals surface area contributed by atoms with Gasteiger partial charge in [0.05, 0.1) is 0 Å². The van der Waals surface area contributed by atoms with Crippen molar-refractivity contribution in [1.82, 2.24) is 4.90 Å². The van der Waals surface area contributed by atoms with Gasteiger partial charge in [-0.2, -0.15) is 0 Å². The van der Waals surface area contributed by atoms with E-state index >= 15 is 0 Å². The molecule has 0 bridgehead atoms. The van der Waals surface area contributed by atoms with Gasteiger partial charge in [0.25, 0.3) is 0 Å². The highest BCUT2D eigenvalue weighted by molar-refractivity contribution is 5.86. The second-order valence-electron chi connectivity index (χ2n) is 6.20. The Morgan fingerprint density at radius 2 is 1.87 bits per heavy atom. The number of hydrogen-bond acceptors (Lipinski definition) is 3. The molecule has 0 unspecified atom stereocenters. The molecular formula is C17H20FNO4. The van der Waals surface area contributed by atoms with E-state index in [1.165, 1.54) is 17.0 Å². The Labute approximate surface area is 134 Å². The van der Waals surface area contributed by atoms with Gasteiger partial charge in [-0.3, -0.25) is 9.59 Å². The molecule has 3 rings (SSSR count). The number of carboxylic acids is 1. The summed E-state index contributed by atoms with van der Waals surface area (Å²) in [6.45, 7) is 0.844. The van der Waals surface area contributed by atoms with E-state index in [1.807, 2.05) is 0 Å². The molecule has 1 aliphatic carbocycles. The van der Waals surface area contributed by atoms with E-state index in [1.54, 1.807) is 12.1 Å². The van der Waals surface area contributed by atoms with Gasteiger partial charge in [0.2, 0.25) is 5.91 Å². The van der Waals surface area contributed by atoms with E-state index in [4.69, 9.17) is 9.84 Å². The summed E-state index contributed by atoms with van der Waals surface area (Å²) in [5.41, 5.74) is 0.937. The van der Waals surface area contributed by atoms with Crippen LogP contribution in [0.4, 0.5) is 4.39 Å². The second kappa shape index (κ2) is 6.66. The van der Waals surface area contributed by atoms with Crippen molar-refractivity contribution in [1.29, 1.82) is 0 Å². The van der Waals surface area contributed by atoms with Crippen molar-refractivity contribution in [2.24, 2.45) is 5.92 Å².